The maximum Gasteiger partial charge on any atom is 0.123 e. The lowest BCUT2D eigenvalue weighted by Gasteiger charge is -2.30. The molecule has 184 valence electrons. The largest absolute Gasteiger partial charge is 0.494 e. The second-order valence-electron chi connectivity index (χ2n) is 10.1. The Morgan fingerprint density at radius 2 is 1.31 bits per heavy atom. The van der Waals surface area contributed by atoms with E-state index < -0.39 is 0 Å². The second kappa shape index (κ2) is 17.3. The molecule has 2 nitrogen and oxygen atoms in total. The van der Waals surface area contributed by atoms with E-state index in [1.807, 2.05) is 0 Å². The number of benzene rings is 1. The monoisotopic (exact) mass is 444 g/mol. The molecule has 0 unspecified atom stereocenters. The van der Waals surface area contributed by atoms with Crippen molar-refractivity contribution in [3.63, 3.8) is 0 Å². The molecular weight excluding hydrogens is 392 g/mol. The van der Waals surface area contributed by atoms with Gasteiger partial charge >= 0.3 is 0 Å². The molecule has 1 aromatic rings. The number of unbranched alkanes of at least 4 members (excludes halogenated alkanes) is 9. The third kappa shape index (κ3) is 10.6. The lowest BCUT2D eigenvalue weighted by atomic mass is 9.76. The highest BCUT2D eigenvalue weighted by Crippen LogP contribution is 2.42. The van der Waals surface area contributed by atoms with Crippen LogP contribution in [0.15, 0.2) is 18.2 Å². The molecule has 1 saturated carbocycles. The predicted molar refractivity (Wildman–Crippen MR) is 139 cm³/mol. The Morgan fingerprint density at radius 1 is 0.656 bits per heavy atom. The summed E-state index contributed by atoms with van der Waals surface area (Å²) < 4.78 is 12.3. The maximum atomic E-state index is 6.15. The van der Waals surface area contributed by atoms with Gasteiger partial charge in [-0.25, -0.2) is 0 Å². The van der Waals surface area contributed by atoms with E-state index in [9.17, 15) is 0 Å². The third-order valence-corrected chi connectivity index (χ3v) is 7.21. The minimum atomic E-state index is 0.635. The maximum absolute atomic E-state index is 6.15. The Balaban J connectivity index is 1.83. The molecule has 0 bridgehead atoms. The normalized spacial score (nSPS) is 18.6. The van der Waals surface area contributed by atoms with Crippen LogP contribution >= 0.6 is 0 Å². The van der Waals surface area contributed by atoms with Crippen molar-refractivity contribution in [3.05, 3.63) is 23.8 Å². The van der Waals surface area contributed by atoms with Crippen LogP contribution in [0.2, 0.25) is 0 Å². The van der Waals surface area contributed by atoms with E-state index in [0.29, 0.717) is 5.92 Å². The van der Waals surface area contributed by atoms with Gasteiger partial charge in [0, 0.05) is 5.56 Å². The zero-order valence-electron chi connectivity index (χ0n) is 21.6. The first-order chi connectivity index (χ1) is 15.8. The van der Waals surface area contributed by atoms with Crippen molar-refractivity contribution in [1.29, 1.82) is 0 Å². The second-order valence-corrected chi connectivity index (χ2v) is 10.1. The van der Waals surface area contributed by atoms with Crippen molar-refractivity contribution >= 4 is 0 Å². The van der Waals surface area contributed by atoms with Gasteiger partial charge < -0.3 is 9.47 Å². The summed E-state index contributed by atoms with van der Waals surface area (Å²) in [7, 11) is 0. The average molecular weight is 445 g/mol. The van der Waals surface area contributed by atoms with Gasteiger partial charge in [-0.05, 0) is 68.6 Å². The van der Waals surface area contributed by atoms with Crippen molar-refractivity contribution in [3.8, 4) is 11.5 Å². The Bertz CT molecular complexity index is 574. The van der Waals surface area contributed by atoms with E-state index in [4.69, 9.17) is 9.47 Å². The fourth-order valence-electron chi connectivity index (χ4n) is 5.15. The fourth-order valence-corrected chi connectivity index (χ4v) is 5.15. The minimum absolute atomic E-state index is 0.635. The van der Waals surface area contributed by atoms with E-state index in [1.54, 1.807) is 0 Å². The smallest absolute Gasteiger partial charge is 0.123 e. The highest BCUT2D eigenvalue weighted by molar-refractivity contribution is 5.42. The van der Waals surface area contributed by atoms with Crippen LogP contribution in [0.4, 0.5) is 0 Å². The van der Waals surface area contributed by atoms with Crippen LogP contribution in [0.1, 0.15) is 141 Å². The van der Waals surface area contributed by atoms with E-state index in [-0.39, 0.29) is 0 Å². The summed E-state index contributed by atoms with van der Waals surface area (Å²) in [6.07, 6.45) is 22.8. The summed E-state index contributed by atoms with van der Waals surface area (Å²) in [6, 6.07) is 6.59. The summed E-state index contributed by atoms with van der Waals surface area (Å²) in [4.78, 5) is 0. The molecule has 1 fully saturated rings. The predicted octanol–water partition coefficient (Wildman–Crippen LogP) is 9.85. The molecule has 0 atom stereocenters. The molecule has 0 aromatic heterocycles. The van der Waals surface area contributed by atoms with Gasteiger partial charge in [-0.2, -0.15) is 0 Å². The zero-order chi connectivity index (χ0) is 22.9. The minimum Gasteiger partial charge on any atom is -0.494 e. The van der Waals surface area contributed by atoms with Gasteiger partial charge in [-0.3, -0.25) is 0 Å². The first kappa shape index (κ1) is 27.1. The molecule has 2 heteroatoms. The van der Waals surface area contributed by atoms with Gasteiger partial charge in [0.2, 0.25) is 0 Å². The van der Waals surface area contributed by atoms with Crippen molar-refractivity contribution in [2.45, 2.75) is 136 Å². The van der Waals surface area contributed by atoms with Crippen molar-refractivity contribution < 1.29 is 9.47 Å². The molecule has 0 spiro atoms. The number of hydrogen-bond donors (Lipinski definition) is 0. The van der Waals surface area contributed by atoms with Crippen LogP contribution in [0.25, 0.3) is 0 Å². The number of ether oxygens (including phenoxy) is 2. The first-order valence-electron chi connectivity index (χ1n) is 14.2. The van der Waals surface area contributed by atoms with Gasteiger partial charge in [-0.15, -0.1) is 0 Å². The van der Waals surface area contributed by atoms with Gasteiger partial charge in [0.1, 0.15) is 11.5 Å². The third-order valence-electron chi connectivity index (χ3n) is 7.21. The topological polar surface area (TPSA) is 18.5 Å². The van der Waals surface area contributed by atoms with E-state index in [2.05, 4.69) is 39.0 Å². The molecule has 0 radical (unpaired) electrons. The van der Waals surface area contributed by atoms with Crippen molar-refractivity contribution in [2.75, 3.05) is 13.2 Å². The molecule has 0 heterocycles. The van der Waals surface area contributed by atoms with Gasteiger partial charge in [-0.1, -0.05) is 91.4 Å². The summed E-state index contributed by atoms with van der Waals surface area (Å²) in [6.45, 7) is 8.40. The first-order valence-corrected chi connectivity index (χ1v) is 14.2. The summed E-state index contributed by atoms with van der Waals surface area (Å²) in [5.74, 6) is 3.72. The highest BCUT2D eigenvalue weighted by atomic mass is 16.5. The molecule has 1 aromatic carbocycles. The Labute approximate surface area is 199 Å². The van der Waals surface area contributed by atoms with Crippen LogP contribution in [-0.2, 0) is 0 Å². The highest BCUT2D eigenvalue weighted by Gasteiger charge is 2.25. The lowest BCUT2D eigenvalue weighted by molar-refractivity contribution is 0.279. The molecule has 0 N–H and O–H groups in total. The average Bonchev–Trinajstić information content (AvgIpc) is 2.83. The van der Waals surface area contributed by atoms with Crippen molar-refractivity contribution in [1.82, 2.24) is 0 Å². The van der Waals surface area contributed by atoms with Crippen molar-refractivity contribution in [2.24, 2.45) is 5.92 Å². The van der Waals surface area contributed by atoms with Crippen LogP contribution in [0.5, 0.6) is 11.5 Å². The van der Waals surface area contributed by atoms with Crippen LogP contribution in [-0.4, -0.2) is 13.2 Å². The van der Waals surface area contributed by atoms with Crippen LogP contribution in [0.3, 0.4) is 0 Å². The zero-order valence-corrected chi connectivity index (χ0v) is 21.6. The molecule has 32 heavy (non-hydrogen) atoms. The Morgan fingerprint density at radius 3 is 2.00 bits per heavy atom. The number of hydrogen-bond acceptors (Lipinski definition) is 2. The summed E-state index contributed by atoms with van der Waals surface area (Å²) in [5.41, 5.74) is 1.40. The molecule has 1 aliphatic carbocycles. The van der Waals surface area contributed by atoms with Gasteiger partial charge in [0.25, 0.3) is 0 Å². The molecule has 0 amide bonds. The molecule has 0 aliphatic heterocycles. The van der Waals surface area contributed by atoms with Crippen LogP contribution < -0.4 is 9.47 Å². The fraction of sp³-hybridized carbons (Fsp3) is 0.800. The quantitative estimate of drug-likeness (QED) is 0.210. The molecule has 0 saturated heterocycles. The molecule has 1 aliphatic rings. The van der Waals surface area contributed by atoms with Gasteiger partial charge in [0.05, 0.1) is 13.2 Å². The lowest BCUT2D eigenvalue weighted by Crippen LogP contribution is -2.14. The molecule has 2 rings (SSSR count). The Hall–Kier alpha value is -1.18. The number of rotatable bonds is 18. The van der Waals surface area contributed by atoms with E-state index >= 15 is 0 Å². The standard InChI is InChI=1S/C30H52O2/c1-4-7-9-11-13-15-24-31-28-21-22-30(32-23-6-3)29(25-28)27-19-17-26(18-20-27)16-14-12-10-8-5-2/h21-22,25-27H,4-20,23-24H2,1-3H3. The summed E-state index contributed by atoms with van der Waals surface area (Å²) >= 11 is 0. The van der Waals surface area contributed by atoms with E-state index in [0.717, 1.165) is 43.5 Å². The SMILES string of the molecule is CCCCCCCCOc1ccc(OCCC)c(C2CCC(CCCCCCC)CC2)c1. The Kier molecular flexibility index (Phi) is 14.6. The van der Waals surface area contributed by atoms with E-state index in [1.165, 1.54) is 102 Å². The molecular formula is C30H52O2. The summed E-state index contributed by atoms with van der Waals surface area (Å²) in [5, 5.41) is 0. The van der Waals surface area contributed by atoms with Gasteiger partial charge in [0.15, 0.2) is 0 Å². The van der Waals surface area contributed by atoms with Crippen LogP contribution in [0, 0.1) is 5.92 Å².